The number of rotatable bonds is 12. The van der Waals surface area contributed by atoms with Gasteiger partial charge in [-0.3, -0.25) is 14.3 Å². The van der Waals surface area contributed by atoms with Gasteiger partial charge in [-0.2, -0.15) is 0 Å². The number of nitrogens with zero attached hydrogens (tertiary/aromatic N) is 3. The van der Waals surface area contributed by atoms with Gasteiger partial charge in [0.25, 0.3) is 5.56 Å². The molecular formula is C39H49N5O2. The molecular weight excluding hydrogens is 570 g/mol. The van der Waals surface area contributed by atoms with E-state index in [0.717, 1.165) is 65.7 Å². The molecule has 0 aliphatic carbocycles. The van der Waals surface area contributed by atoms with E-state index in [1.54, 1.807) is 10.8 Å². The zero-order valence-corrected chi connectivity index (χ0v) is 28.5. The average Bonchev–Trinajstić information content (AvgIpc) is 3.04. The van der Waals surface area contributed by atoms with Crippen molar-refractivity contribution in [3.8, 4) is 23.0 Å². The summed E-state index contributed by atoms with van der Waals surface area (Å²) in [6.45, 7) is 18.0. The molecule has 0 atom stereocenters. The molecule has 4 rings (SSSR count). The lowest BCUT2D eigenvalue weighted by molar-refractivity contribution is 0.262. The van der Waals surface area contributed by atoms with Crippen LogP contribution in [0.1, 0.15) is 96.3 Å². The van der Waals surface area contributed by atoms with Crippen LogP contribution < -0.4 is 16.2 Å². The van der Waals surface area contributed by atoms with Crippen molar-refractivity contribution in [3.05, 3.63) is 87.8 Å². The molecule has 0 unspecified atom stereocenters. The molecule has 0 aliphatic rings. The predicted molar refractivity (Wildman–Crippen MR) is 193 cm³/mol. The normalized spacial score (nSPS) is 11.3. The van der Waals surface area contributed by atoms with Crippen molar-refractivity contribution >= 4 is 28.4 Å². The fraction of sp³-hybridized carbons (Fsp3) is 0.410. The fourth-order valence-electron chi connectivity index (χ4n) is 5.84. The summed E-state index contributed by atoms with van der Waals surface area (Å²) >= 11 is 0. The first kappa shape index (κ1) is 34.5. The monoisotopic (exact) mass is 619 g/mol. The number of urea groups is 1. The van der Waals surface area contributed by atoms with Crippen LogP contribution in [-0.4, -0.2) is 40.1 Å². The van der Waals surface area contributed by atoms with E-state index in [1.165, 1.54) is 0 Å². The lowest BCUT2D eigenvalue weighted by atomic mass is 9.93. The number of carbonyl (C=O) groups excluding carboxylic acids is 1. The van der Waals surface area contributed by atoms with Crippen LogP contribution in [0.5, 0.6) is 0 Å². The summed E-state index contributed by atoms with van der Waals surface area (Å²) in [6, 6.07) is 17.4. The summed E-state index contributed by atoms with van der Waals surface area (Å²) in [4.78, 5) is 35.1. The Morgan fingerprint density at radius 3 is 2.26 bits per heavy atom. The molecule has 2 N–H and O–H groups in total. The van der Waals surface area contributed by atoms with Crippen molar-refractivity contribution < 1.29 is 4.79 Å². The minimum atomic E-state index is -0.454. The van der Waals surface area contributed by atoms with E-state index in [0.29, 0.717) is 24.3 Å². The molecule has 7 heteroatoms. The Kier molecular flexibility index (Phi) is 12.2. The molecule has 242 valence electrons. The number of pyridine rings is 2. The number of fused-ring (bicyclic) bond motifs is 1. The van der Waals surface area contributed by atoms with E-state index in [1.807, 2.05) is 54.6 Å². The van der Waals surface area contributed by atoms with Crippen LogP contribution in [0, 0.1) is 11.8 Å². The maximum atomic E-state index is 14.3. The number of carbonyl (C=O) groups is 1. The number of para-hydroxylation sites is 1. The quantitative estimate of drug-likeness (QED) is 0.155. The number of hydrogen-bond donors (Lipinski definition) is 2. The number of nitrogens with one attached hydrogen (secondary N) is 2. The van der Waals surface area contributed by atoms with E-state index in [4.69, 9.17) is 0 Å². The Hall–Kier alpha value is -4.41. The molecule has 2 heterocycles. The van der Waals surface area contributed by atoms with Gasteiger partial charge in [0.15, 0.2) is 0 Å². The minimum absolute atomic E-state index is 0.206. The average molecular weight is 620 g/mol. The van der Waals surface area contributed by atoms with Gasteiger partial charge >= 0.3 is 6.03 Å². The van der Waals surface area contributed by atoms with E-state index >= 15 is 0 Å². The summed E-state index contributed by atoms with van der Waals surface area (Å²) in [5.41, 5.74) is 5.74. The summed E-state index contributed by atoms with van der Waals surface area (Å²) < 4.78 is 1.69. The largest absolute Gasteiger partial charge is 0.323 e. The van der Waals surface area contributed by atoms with Gasteiger partial charge < -0.3 is 10.6 Å². The van der Waals surface area contributed by atoms with Crippen molar-refractivity contribution in [2.75, 3.05) is 30.3 Å². The third-order valence-corrected chi connectivity index (χ3v) is 8.28. The van der Waals surface area contributed by atoms with E-state index in [-0.39, 0.29) is 23.1 Å². The van der Waals surface area contributed by atoms with Gasteiger partial charge in [0.1, 0.15) is 11.3 Å². The highest BCUT2D eigenvalue weighted by Gasteiger charge is 2.22. The van der Waals surface area contributed by atoms with Gasteiger partial charge in [-0.25, -0.2) is 9.78 Å². The van der Waals surface area contributed by atoms with Crippen molar-refractivity contribution in [1.29, 1.82) is 0 Å². The molecule has 0 saturated carbocycles. The first-order chi connectivity index (χ1) is 22.2. The molecule has 0 saturated heterocycles. The second-order valence-electron chi connectivity index (χ2n) is 12.4. The summed E-state index contributed by atoms with van der Waals surface area (Å²) in [5, 5.41) is 6.94. The molecule has 0 aliphatic heterocycles. The lowest BCUT2D eigenvalue weighted by Crippen LogP contribution is -2.30. The van der Waals surface area contributed by atoms with Gasteiger partial charge in [0.2, 0.25) is 0 Å². The second kappa shape index (κ2) is 16.2. The standard InChI is InChI=1S/C39H49N5O2/c1-8-11-25-44-37-33(21-14-22-40-37)34(30-18-12-16-29(26-30)17-15-24-43(10-3)23-9-2)36(38(44)45)42-39(46)41-35-31(27(4)5)19-13-20-32(35)28(6)7/h12-14,16,18-22,26-28H,8-11,23-25H2,1-7H3,(H2,41,42,46). The molecule has 2 amide bonds. The molecule has 0 radical (unpaired) electrons. The zero-order valence-electron chi connectivity index (χ0n) is 28.5. The molecule has 2 aromatic carbocycles. The highest BCUT2D eigenvalue weighted by atomic mass is 16.2. The number of unbranched alkanes of at least 4 members (excludes halogenated alkanes) is 1. The Bertz CT molecular complexity index is 1750. The molecule has 46 heavy (non-hydrogen) atoms. The first-order valence-corrected chi connectivity index (χ1v) is 16.7. The van der Waals surface area contributed by atoms with Crippen LogP contribution in [0.2, 0.25) is 0 Å². The SMILES string of the molecule is CCCCn1c(=O)c(NC(=O)Nc2c(C(C)C)cccc2C(C)C)c(-c2cccc(C#CCN(CC)CCC)c2)c2cccnc21. The van der Waals surface area contributed by atoms with Crippen LogP contribution in [0.4, 0.5) is 16.2 Å². The van der Waals surface area contributed by atoms with E-state index in [9.17, 15) is 9.59 Å². The van der Waals surface area contributed by atoms with Gasteiger partial charge in [-0.1, -0.05) is 97.1 Å². The highest BCUT2D eigenvalue weighted by molar-refractivity contribution is 6.07. The fourth-order valence-corrected chi connectivity index (χ4v) is 5.84. The molecule has 0 bridgehead atoms. The van der Waals surface area contributed by atoms with Gasteiger partial charge in [0.05, 0.1) is 6.54 Å². The van der Waals surface area contributed by atoms with Gasteiger partial charge in [-0.15, -0.1) is 0 Å². The van der Waals surface area contributed by atoms with Crippen molar-refractivity contribution in [3.63, 3.8) is 0 Å². The van der Waals surface area contributed by atoms with E-state index in [2.05, 4.69) is 80.8 Å². The number of hydrogen-bond acceptors (Lipinski definition) is 4. The number of benzene rings is 2. The van der Waals surface area contributed by atoms with Crippen LogP contribution in [0.3, 0.4) is 0 Å². The predicted octanol–water partition coefficient (Wildman–Crippen LogP) is 8.84. The topological polar surface area (TPSA) is 79.3 Å². The third kappa shape index (κ3) is 8.05. The van der Waals surface area contributed by atoms with Crippen LogP contribution in [0.25, 0.3) is 22.2 Å². The van der Waals surface area contributed by atoms with Gasteiger partial charge in [0, 0.05) is 34.9 Å². The maximum absolute atomic E-state index is 14.3. The Morgan fingerprint density at radius 2 is 1.61 bits per heavy atom. The second-order valence-corrected chi connectivity index (χ2v) is 12.4. The summed E-state index contributed by atoms with van der Waals surface area (Å²) in [6.07, 6.45) is 4.53. The van der Waals surface area contributed by atoms with E-state index < -0.39 is 6.03 Å². The number of aryl methyl sites for hydroxylation is 1. The lowest BCUT2D eigenvalue weighted by Gasteiger charge is -2.22. The first-order valence-electron chi connectivity index (χ1n) is 16.7. The molecule has 0 fully saturated rings. The van der Waals surface area contributed by atoms with Crippen molar-refractivity contribution in [1.82, 2.24) is 14.5 Å². The molecule has 2 aromatic heterocycles. The van der Waals surface area contributed by atoms with Crippen LogP contribution >= 0.6 is 0 Å². The number of anilines is 2. The summed E-state index contributed by atoms with van der Waals surface area (Å²) in [5.74, 6) is 7.05. The van der Waals surface area contributed by atoms with Gasteiger partial charge in [-0.05, 0) is 78.7 Å². The van der Waals surface area contributed by atoms with Crippen molar-refractivity contribution in [2.45, 2.75) is 86.1 Å². The maximum Gasteiger partial charge on any atom is 0.323 e. The summed E-state index contributed by atoms with van der Waals surface area (Å²) in [7, 11) is 0. The molecule has 7 nitrogen and oxygen atoms in total. The zero-order chi connectivity index (χ0) is 33.2. The number of amides is 2. The van der Waals surface area contributed by atoms with Crippen molar-refractivity contribution in [2.24, 2.45) is 0 Å². The Morgan fingerprint density at radius 1 is 0.913 bits per heavy atom. The van der Waals surface area contributed by atoms with Crippen LogP contribution in [0.15, 0.2) is 65.6 Å². The van der Waals surface area contributed by atoms with Crippen LogP contribution in [-0.2, 0) is 6.54 Å². The Balaban J connectivity index is 1.85. The number of aromatic nitrogens is 2. The minimum Gasteiger partial charge on any atom is -0.307 e. The smallest absolute Gasteiger partial charge is 0.307 e. The molecule has 0 spiro atoms. The Labute approximate surface area is 274 Å². The molecule has 4 aromatic rings. The third-order valence-electron chi connectivity index (χ3n) is 8.28. The highest BCUT2D eigenvalue weighted by Crippen LogP contribution is 2.35.